The van der Waals surface area contributed by atoms with Crippen LogP contribution < -0.4 is 5.32 Å². The van der Waals surface area contributed by atoms with Gasteiger partial charge in [0, 0.05) is 19.1 Å². The van der Waals surface area contributed by atoms with E-state index < -0.39 is 0 Å². The van der Waals surface area contributed by atoms with Crippen LogP contribution in [0.4, 0.5) is 4.39 Å². The molecule has 1 N–H and O–H groups in total. The summed E-state index contributed by atoms with van der Waals surface area (Å²) in [7, 11) is 0. The van der Waals surface area contributed by atoms with Gasteiger partial charge >= 0.3 is 0 Å². The molecule has 2 aromatic rings. The van der Waals surface area contributed by atoms with Gasteiger partial charge in [0.2, 0.25) is 5.91 Å². The average Bonchev–Trinajstić information content (AvgIpc) is 3.10. The lowest BCUT2D eigenvalue weighted by atomic mass is 10.0. The van der Waals surface area contributed by atoms with Gasteiger partial charge in [-0.15, -0.1) is 0 Å². The zero-order valence-electron chi connectivity index (χ0n) is 13.2. The van der Waals surface area contributed by atoms with Crippen LogP contribution in [0.15, 0.2) is 47.1 Å². The smallest absolute Gasteiger partial charge is 0.287 e. The molecular formula is C18H19FN2O3. The summed E-state index contributed by atoms with van der Waals surface area (Å²) in [6, 6.07) is 9.41. The number of nitrogens with one attached hydrogen (secondary N) is 1. The van der Waals surface area contributed by atoms with Gasteiger partial charge in [0.05, 0.1) is 12.7 Å². The van der Waals surface area contributed by atoms with Crippen LogP contribution in [0.25, 0.3) is 0 Å². The van der Waals surface area contributed by atoms with Gasteiger partial charge in [-0.05, 0) is 42.7 Å². The number of hydrogen-bond acceptors (Lipinski definition) is 3. The van der Waals surface area contributed by atoms with E-state index in [9.17, 15) is 14.0 Å². The number of benzene rings is 1. The molecule has 1 aromatic carbocycles. The lowest BCUT2D eigenvalue weighted by Crippen LogP contribution is -2.46. The molecule has 0 aliphatic carbocycles. The molecule has 0 saturated carbocycles. The summed E-state index contributed by atoms with van der Waals surface area (Å²) in [6.07, 6.45) is 3.05. The van der Waals surface area contributed by atoms with E-state index in [1.807, 2.05) is 0 Å². The van der Waals surface area contributed by atoms with Crippen LogP contribution >= 0.6 is 0 Å². The topological polar surface area (TPSA) is 62.6 Å². The highest BCUT2D eigenvalue weighted by Crippen LogP contribution is 2.14. The molecule has 0 bridgehead atoms. The van der Waals surface area contributed by atoms with Crippen molar-refractivity contribution in [3.8, 4) is 0 Å². The fourth-order valence-corrected chi connectivity index (χ4v) is 2.87. The number of rotatable bonds is 4. The Morgan fingerprint density at radius 2 is 2.00 bits per heavy atom. The Labute approximate surface area is 139 Å². The second-order valence-electron chi connectivity index (χ2n) is 5.91. The van der Waals surface area contributed by atoms with Gasteiger partial charge in [-0.25, -0.2) is 4.39 Å². The molecular weight excluding hydrogens is 311 g/mol. The number of amides is 2. The van der Waals surface area contributed by atoms with Crippen LogP contribution in [-0.4, -0.2) is 35.8 Å². The molecule has 0 atom stereocenters. The maximum atomic E-state index is 13.2. The first-order chi connectivity index (χ1) is 11.6. The summed E-state index contributed by atoms with van der Waals surface area (Å²) >= 11 is 0. The number of hydrogen-bond donors (Lipinski definition) is 1. The number of piperidine rings is 1. The molecule has 0 unspecified atom stereocenters. The van der Waals surface area contributed by atoms with Crippen LogP contribution in [0.1, 0.15) is 29.0 Å². The minimum Gasteiger partial charge on any atom is -0.459 e. The summed E-state index contributed by atoms with van der Waals surface area (Å²) in [5.41, 5.74) is 0.674. The lowest BCUT2D eigenvalue weighted by molar-refractivity contribution is -0.131. The van der Waals surface area contributed by atoms with E-state index in [0.717, 1.165) is 0 Å². The van der Waals surface area contributed by atoms with Crippen LogP contribution in [0.2, 0.25) is 0 Å². The van der Waals surface area contributed by atoms with Gasteiger partial charge in [-0.2, -0.15) is 0 Å². The van der Waals surface area contributed by atoms with Crippen molar-refractivity contribution < 1.29 is 18.4 Å². The molecule has 1 aliphatic rings. The van der Waals surface area contributed by atoms with E-state index in [4.69, 9.17) is 4.42 Å². The lowest BCUT2D eigenvalue weighted by Gasteiger charge is -2.32. The Kier molecular flexibility index (Phi) is 4.93. The van der Waals surface area contributed by atoms with E-state index in [-0.39, 0.29) is 30.1 Å². The number of nitrogens with zero attached hydrogens (tertiary/aromatic N) is 1. The normalized spacial score (nSPS) is 15.3. The standard InChI is InChI=1S/C18H19FN2O3/c19-14-4-1-3-13(11-14)12-17(22)21-8-6-15(7-9-21)20-18(23)16-5-2-10-24-16/h1-5,10-11,15H,6-9,12H2,(H,20,23). The number of carbonyl (C=O) groups excluding carboxylic acids is 2. The Morgan fingerprint density at radius 3 is 2.67 bits per heavy atom. The van der Waals surface area contributed by atoms with Crippen LogP contribution in [0, 0.1) is 5.82 Å². The van der Waals surface area contributed by atoms with Crippen molar-refractivity contribution in [1.82, 2.24) is 10.2 Å². The van der Waals surface area contributed by atoms with Gasteiger partial charge in [-0.3, -0.25) is 9.59 Å². The highest BCUT2D eigenvalue weighted by Gasteiger charge is 2.24. The highest BCUT2D eigenvalue weighted by atomic mass is 19.1. The van der Waals surface area contributed by atoms with Crippen molar-refractivity contribution in [2.45, 2.75) is 25.3 Å². The summed E-state index contributed by atoms with van der Waals surface area (Å²) < 4.78 is 18.2. The van der Waals surface area contributed by atoms with Crippen molar-refractivity contribution in [1.29, 1.82) is 0 Å². The third-order valence-corrected chi connectivity index (χ3v) is 4.17. The molecule has 1 saturated heterocycles. The quantitative estimate of drug-likeness (QED) is 0.936. The Bertz CT molecular complexity index is 707. The van der Waals surface area contributed by atoms with Crippen LogP contribution in [0.3, 0.4) is 0 Å². The minimum absolute atomic E-state index is 0.0172. The maximum absolute atomic E-state index is 13.2. The first-order valence-corrected chi connectivity index (χ1v) is 7.98. The predicted molar refractivity (Wildman–Crippen MR) is 85.9 cm³/mol. The summed E-state index contributed by atoms with van der Waals surface area (Å²) in [5, 5.41) is 2.92. The molecule has 6 heteroatoms. The van der Waals surface area contributed by atoms with Gasteiger partial charge in [0.1, 0.15) is 5.82 Å². The Morgan fingerprint density at radius 1 is 1.21 bits per heavy atom. The van der Waals surface area contributed by atoms with Crippen molar-refractivity contribution in [2.75, 3.05) is 13.1 Å². The molecule has 1 aromatic heterocycles. The second-order valence-corrected chi connectivity index (χ2v) is 5.91. The molecule has 126 valence electrons. The van der Waals surface area contributed by atoms with Gasteiger partial charge < -0.3 is 14.6 Å². The van der Waals surface area contributed by atoms with Crippen molar-refractivity contribution in [2.24, 2.45) is 0 Å². The number of furan rings is 1. The third kappa shape index (κ3) is 4.01. The van der Waals surface area contributed by atoms with E-state index in [0.29, 0.717) is 37.3 Å². The van der Waals surface area contributed by atoms with Crippen molar-refractivity contribution in [3.05, 3.63) is 59.8 Å². The van der Waals surface area contributed by atoms with Crippen molar-refractivity contribution >= 4 is 11.8 Å². The number of likely N-dealkylation sites (tertiary alicyclic amines) is 1. The van der Waals surface area contributed by atoms with Gasteiger partial charge in [0.15, 0.2) is 5.76 Å². The predicted octanol–water partition coefficient (Wildman–Crippen LogP) is 2.38. The summed E-state index contributed by atoms with van der Waals surface area (Å²) in [5.74, 6) is -0.291. The third-order valence-electron chi connectivity index (χ3n) is 4.17. The Hall–Kier alpha value is -2.63. The highest BCUT2D eigenvalue weighted by molar-refractivity contribution is 5.91. The number of halogens is 1. The van der Waals surface area contributed by atoms with E-state index in [1.54, 1.807) is 29.2 Å². The zero-order chi connectivity index (χ0) is 16.9. The molecule has 5 nitrogen and oxygen atoms in total. The molecule has 2 amide bonds. The summed E-state index contributed by atoms with van der Waals surface area (Å²) in [4.78, 5) is 26.0. The fourth-order valence-electron chi connectivity index (χ4n) is 2.87. The van der Waals surface area contributed by atoms with Crippen LogP contribution in [-0.2, 0) is 11.2 Å². The zero-order valence-corrected chi connectivity index (χ0v) is 13.2. The molecule has 24 heavy (non-hydrogen) atoms. The van der Waals surface area contributed by atoms with E-state index in [1.165, 1.54) is 18.4 Å². The minimum atomic E-state index is -0.334. The second kappa shape index (κ2) is 7.29. The van der Waals surface area contributed by atoms with E-state index in [2.05, 4.69) is 5.32 Å². The first-order valence-electron chi connectivity index (χ1n) is 7.98. The monoisotopic (exact) mass is 330 g/mol. The molecule has 1 fully saturated rings. The molecule has 1 aliphatic heterocycles. The molecule has 0 radical (unpaired) electrons. The summed E-state index contributed by atoms with van der Waals surface area (Å²) in [6.45, 7) is 1.16. The average molecular weight is 330 g/mol. The SMILES string of the molecule is O=C(NC1CCN(C(=O)Cc2cccc(F)c2)CC1)c1ccco1. The first kappa shape index (κ1) is 16.2. The van der Waals surface area contributed by atoms with Crippen LogP contribution in [0.5, 0.6) is 0 Å². The van der Waals surface area contributed by atoms with Crippen molar-refractivity contribution in [3.63, 3.8) is 0 Å². The molecule has 2 heterocycles. The van der Waals surface area contributed by atoms with E-state index >= 15 is 0 Å². The Balaban J connectivity index is 1.48. The molecule has 0 spiro atoms. The largest absolute Gasteiger partial charge is 0.459 e. The van der Waals surface area contributed by atoms with Gasteiger partial charge in [0.25, 0.3) is 5.91 Å². The number of carbonyl (C=O) groups is 2. The maximum Gasteiger partial charge on any atom is 0.287 e. The molecule has 3 rings (SSSR count). The fraction of sp³-hybridized carbons (Fsp3) is 0.333. The van der Waals surface area contributed by atoms with Gasteiger partial charge in [-0.1, -0.05) is 12.1 Å².